The van der Waals surface area contributed by atoms with Crippen LogP contribution in [0.25, 0.3) is 21.8 Å². The third-order valence-corrected chi connectivity index (χ3v) is 5.21. The zero-order valence-corrected chi connectivity index (χ0v) is 17.0. The molecule has 156 valence electrons. The minimum atomic E-state index is -0.294. The summed E-state index contributed by atoms with van der Waals surface area (Å²) >= 11 is 0. The Morgan fingerprint density at radius 2 is 1.29 bits per heavy atom. The van der Waals surface area contributed by atoms with Gasteiger partial charge in [-0.05, 0) is 36.2 Å². The molecule has 6 heteroatoms. The topological polar surface area (TPSA) is 80.2 Å². The van der Waals surface area contributed by atoms with Gasteiger partial charge in [0.15, 0.2) is 5.43 Å². The van der Waals surface area contributed by atoms with Crippen molar-refractivity contribution in [3.63, 3.8) is 0 Å². The van der Waals surface area contributed by atoms with Crippen molar-refractivity contribution < 1.29 is 9.59 Å². The van der Waals surface area contributed by atoms with E-state index < -0.39 is 0 Å². The molecule has 0 bridgehead atoms. The number of fused-ring (bicyclic) bond motifs is 2. The summed E-state index contributed by atoms with van der Waals surface area (Å²) < 4.78 is 1.81. The Kier molecular flexibility index (Phi) is 6.08. The molecule has 1 aromatic heterocycles. The third kappa shape index (κ3) is 4.64. The number of para-hydroxylation sites is 2. The quantitative estimate of drug-likeness (QED) is 0.457. The summed E-state index contributed by atoms with van der Waals surface area (Å²) in [5, 5.41) is 6.61. The van der Waals surface area contributed by atoms with Crippen molar-refractivity contribution in [1.29, 1.82) is 0 Å². The van der Waals surface area contributed by atoms with Gasteiger partial charge in [0.25, 0.3) is 0 Å². The van der Waals surface area contributed by atoms with Crippen LogP contribution in [0.2, 0.25) is 0 Å². The number of amides is 2. The molecule has 0 aliphatic rings. The van der Waals surface area contributed by atoms with Crippen LogP contribution in [0.3, 0.4) is 0 Å². The molecule has 0 atom stereocenters. The molecule has 2 N–H and O–H groups in total. The van der Waals surface area contributed by atoms with Crippen LogP contribution in [0.15, 0.2) is 83.7 Å². The fourth-order valence-electron chi connectivity index (χ4n) is 3.68. The second-order valence-electron chi connectivity index (χ2n) is 7.31. The molecule has 0 radical (unpaired) electrons. The summed E-state index contributed by atoms with van der Waals surface area (Å²) in [4.78, 5) is 37.5. The van der Waals surface area contributed by atoms with Gasteiger partial charge in [-0.2, -0.15) is 0 Å². The van der Waals surface area contributed by atoms with Gasteiger partial charge in [0.05, 0.1) is 17.6 Å². The number of nitrogens with one attached hydrogen (secondary N) is 2. The highest BCUT2D eigenvalue weighted by molar-refractivity contribution is 5.95. The average Bonchev–Trinajstić information content (AvgIpc) is 2.81. The van der Waals surface area contributed by atoms with Crippen molar-refractivity contribution in [1.82, 2.24) is 15.2 Å². The number of aromatic nitrogens is 1. The lowest BCUT2D eigenvalue weighted by molar-refractivity contribution is -0.126. The van der Waals surface area contributed by atoms with E-state index in [4.69, 9.17) is 0 Å². The molecular formula is C25H23N3O3. The van der Waals surface area contributed by atoms with Crippen LogP contribution in [-0.2, 0) is 22.6 Å². The van der Waals surface area contributed by atoms with E-state index in [-0.39, 0.29) is 30.3 Å². The highest BCUT2D eigenvalue weighted by Gasteiger charge is 2.13. The summed E-state index contributed by atoms with van der Waals surface area (Å²) in [6.45, 7) is 0.427. The van der Waals surface area contributed by atoms with Crippen LogP contribution in [0.1, 0.15) is 5.56 Å². The molecule has 0 saturated heterocycles. The molecule has 0 fully saturated rings. The molecule has 0 aliphatic carbocycles. The van der Waals surface area contributed by atoms with Gasteiger partial charge in [0.1, 0.15) is 6.54 Å². The summed E-state index contributed by atoms with van der Waals surface area (Å²) in [5.74, 6) is -0.531. The van der Waals surface area contributed by atoms with E-state index in [0.717, 1.165) is 12.0 Å². The molecule has 3 aromatic carbocycles. The molecule has 6 nitrogen and oxygen atoms in total. The van der Waals surface area contributed by atoms with Gasteiger partial charge >= 0.3 is 0 Å². The maximum atomic E-state index is 12.8. The zero-order valence-electron chi connectivity index (χ0n) is 17.0. The van der Waals surface area contributed by atoms with Gasteiger partial charge in [-0.15, -0.1) is 0 Å². The summed E-state index contributed by atoms with van der Waals surface area (Å²) in [6.07, 6.45) is 0.732. The molecule has 31 heavy (non-hydrogen) atoms. The van der Waals surface area contributed by atoms with E-state index in [2.05, 4.69) is 10.6 Å². The van der Waals surface area contributed by atoms with Gasteiger partial charge in [0.2, 0.25) is 11.8 Å². The van der Waals surface area contributed by atoms with Crippen molar-refractivity contribution >= 4 is 33.6 Å². The van der Waals surface area contributed by atoms with E-state index in [1.54, 1.807) is 12.1 Å². The molecule has 0 unspecified atom stereocenters. The highest BCUT2D eigenvalue weighted by atomic mass is 16.2. The second kappa shape index (κ2) is 9.26. The first-order valence-electron chi connectivity index (χ1n) is 10.2. The number of pyridine rings is 1. The molecule has 0 spiro atoms. The standard InChI is InChI=1S/C25H23N3O3/c29-23(26-15-14-18-8-2-1-3-9-18)16-27-24(30)17-28-21-12-6-4-10-19(21)25(31)20-11-5-7-13-22(20)28/h1-13H,14-17H2,(H,26,29)(H,27,30). The minimum Gasteiger partial charge on any atom is -0.354 e. The maximum Gasteiger partial charge on any atom is 0.240 e. The molecule has 1 heterocycles. The van der Waals surface area contributed by atoms with Crippen LogP contribution < -0.4 is 16.1 Å². The fraction of sp³-hybridized carbons (Fsp3) is 0.160. The number of benzene rings is 3. The normalized spacial score (nSPS) is 10.8. The highest BCUT2D eigenvalue weighted by Crippen LogP contribution is 2.18. The summed E-state index contributed by atoms with van der Waals surface area (Å²) in [6, 6.07) is 24.4. The Morgan fingerprint density at radius 1 is 0.710 bits per heavy atom. The van der Waals surface area contributed by atoms with Crippen molar-refractivity contribution in [2.75, 3.05) is 13.1 Å². The monoisotopic (exact) mass is 413 g/mol. The van der Waals surface area contributed by atoms with Gasteiger partial charge < -0.3 is 15.2 Å². The van der Waals surface area contributed by atoms with Crippen LogP contribution in [0.5, 0.6) is 0 Å². The van der Waals surface area contributed by atoms with E-state index in [1.165, 1.54) is 0 Å². The van der Waals surface area contributed by atoms with Crippen molar-refractivity contribution in [2.24, 2.45) is 0 Å². The lowest BCUT2D eigenvalue weighted by atomic mass is 10.1. The van der Waals surface area contributed by atoms with Gasteiger partial charge in [0, 0.05) is 17.3 Å². The summed E-state index contributed by atoms with van der Waals surface area (Å²) in [5.41, 5.74) is 2.46. The lowest BCUT2D eigenvalue weighted by Crippen LogP contribution is -2.39. The number of hydrogen-bond acceptors (Lipinski definition) is 3. The molecule has 0 aliphatic heterocycles. The van der Waals surface area contributed by atoms with Crippen molar-refractivity contribution in [2.45, 2.75) is 13.0 Å². The van der Waals surface area contributed by atoms with Crippen molar-refractivity contribution in [3.8, 4) is 0 Å². The first kappa shape index (κ1) is 20.3. The molecule has 4 aromatic rings. The number of carbonyl (C=O) groups excluding carboxylic acids is 2. The predicted molar refractivity (Wildman–Crippen MR) is 122 cm³/mol. The second-order valence-corrected chi connectivity index (χ2v) is 7.31. The summed E-state index contributed by atoms with van der Waals surface area (Å²) in [7, 11) is 0. The van der Waals surface area contributed by atoms with Crippen LogP contribution >= 0.6 is 0 Å². The Hall–Kier alpha value is -3.93. The van der Waals surface area contributed by atoms with Crippen LogP contribution in [0.4, 0.5) is 0 Å². The SMILES string of the molecule is O=C(CNC(=O)Cn1c2ccccc2c(=O)c2ccccc21)NCCc1ccccc1. The van der Waals surface area contributed by atoms with E-state index >= 15 is 0 Å². The Bertz CT molecular complexity index is 1240. The minimum absolute atomic E-state index is 0.0125. The van der Waals surface area contributed by atoms with E-state index in [0.29, 0.717) is 28.4 Å². The smallest absolute Gasteiger partial charge is 0.240 e. The largest absolute Gasteiger partial charge is 0.354 e. The van der Waals surface area contributed by atoms with Gasteiger partial charge in [-0.1, -0.05) is 54.6 Å². The molecule has 4 rings (SSSR count). The van der Waals surface area contributed by atoms with E-state index in [9.17, 15) is 14.4 Å². The van der Waals surface area contributed by atoms with Gasteiger partial charge in [-0.25, -0.2) is 0 Å². The maximum absolute atomic E-state index is 12.8. The van der Waals surface area contributed by atoms with Crippen molar-refractivity contribution in [3.05, 3.63) is 94.6 Å². The first-order valence-corrected chi connectivity index (χ1v) is 10.2. The molecular weight excluding hydrogens is 390 g/mol. The fourth-order valence-corrected chi connectivity index (χ4v) is 3.68. The predicted octanol–water partition coefficient (Wildman–Crippen LogP) is 2.63. The Morgan fingerprint density at radius 3 is 1.94 bits per heavy atom. The molecule has 2 amide bonds. The van der Waals surface area contributed by atoms with Crippen LogP contribution in [0, 0.1) is 0 Å². The average molecular weight is 413 g/mol. The Labute approximate surface area is 179 Å². The lowest BCUT2D eigenvalue weighted by Gasteiger charge is -2.15. The number of carbonyl (C=O) groups is 2. The van der Waals surface area contributed by atoms with E-state index in [1.807, 2.05) is 71.3 Å². The Balaban J connectivity index is 1.42. The van der Waals surface area contributed by atoms with Crippen LogP contribution in [-0.4, -0.2) is 29.5 Å². The number of rotatable bonds is 7. The number of nitrogens with zero attached hydrogens (tertiary/aromatic N) is 1. The molecule has 0 saturated carbocycles. The third-order valence-electron chi connectivity index (χ3n) is 5.21. The number of hydrogen-bond donors (Lipinski definition) is 2. The zero-order chi connectivity index (χ0) is 21.6. The first-order chi connectivity index (χ1) is 15.1. The van der Waals surface area contributed by atoms with Gasteiger partial charge in [-0.3, -0.25) is 14.4 Å².